The third-order valence-corrected chi connectivity index (χ3v) is 1.45. The summed E-state index contributed by atoms with van der Waals surface area (Å²) in [6.07, 6.45) is 4.13. The summed E-state index contributed by atoms with van der Waals surface area (Å²) in [6, 6.07) is 1.08. The maximum absolute atomic E-state index is 11.1. The van der Waals surface area contributed by atoms with Crippen molar-refractivity contribution in [3.8, 4) is 0 Å². The van der Waals surface area contributed by atoms with E-state index in [1.807, 2.05) is 6.92 Å². The fourth-order valence-corrected chi connectivity index (χ4v) is 0.883. The van der Waals surface area contributed by atoms with Crippen LogP contribution in [0.3, 0.4) is 0 Å². The number of hydrogen-bond acceptors (Lipinski definition) is 3. The van der Waals surface area contributed by atoms with Gasteiger partial charge >= 0.3 is 6.03 Å². The fraction of sp³-hybridized carbons (Fsp3) is 0.375. The van der Waals surface area contributed by atoms with E-state index in [-0.39, 0.29) is 5.91 Å². The Morgan fingerprint density at radius 2 is 2.29 bits per heavy atom. The van der Waals surface area contributed by atoms with E-state index in [0.717, 1.165) is 0 Å². The zero-order valence-corrected chi connectivity index (χ0v) is 7.86. The van der Waals surface area contributed by atoms with Crippen molar-refractivity contribution in [2.45, 2.75) is 19.8 Å². The quantitative estimate of drug-likeness (QED) is 0.737. The minimum absolute atomic E-state index is 0.294. The number of aromatic nitrogens is 2. The highest BCUT2D eigenvalue weighted by molar-refractivity contribution is 5.97. The average Bonchev–Trinajstić information content (AvgIpc) is 2.56. The second-order valence-corrected chi connectivity index (χ2v) is 2.69. The molecular weight excluding hydrogens is 184 g/mol. The molecular formula is C8H12N4O2. The molecule has 0 fully saturated rings. The van der Waals surface area contributed by atoms with Gasteiger partial charge in [0, 0.05) is 12.6 Å². The molecule has 1 heterocycles. The Bertz CT molecular complexity index is 307. The minimum Gasteiger partial charge on any atom is -0.277 e. The monoisotopic (exact) mass is 196 g/mol. The number of rotatable bonds is 3. The first-order valence-electron chi connectivity index (χ1n) is 4.33. The van der Waals surface area contributed by atoms with Crippen molar-refractivity contribution in [1.82, 2.24) is 15.2 Å². The summed E-state index contributed by atoms with van der Waals surface area (Å²) < 4.78 is 0. The van der Waals surface area contributed by atoms with Crippen molar-refractivity contribution in [3.05, 3.63) is 18.5 Å². The van der Waals surface area contributed by atoms with E-state index >= 15 is 0 Å². The van der Waals surface area contributed by atoms with E-state index in [0.29, 0.717) is 12.8 Å². The number of nitrogens with one attached hydrogen (secondary N) is 2. The van der Waals surface area contributed by atoms with Crippen LogP contribution in [-0.2, 0) is 4.79 Å². The number of imide groups is 1. The summed E-state index contributed by atoms with van der Waals surface area (Å²) in [6.45, 7) is 1.87. The van der Waals surface area contributed by atoms with Crippen LogP contribution in [0.2, 0.25) is 0 Å². The van der Waals surface area contributed by atoms with Crippen LogP contribution < -0.4 is 10.7 Å². The average molecular weight is 196 g/mol. The highest BCUT2D eigenvalue weighted by Crippen LogP contribution is 1.85. The van der Waals surface area contributed by atoms with Gasteiger partial charge in [0.25, 0.3) is 0 Å². The second-order valence-electron chi connectivity index (χ2n) is 2.69. The van der Waals surface area contributed by atoms with Crippen LogP contribution in [0, 0.1) is 0 Å². The molecule has 1 aromatic heterocycles. The second kappa shape index (κ2) is 5.00. The Labute approximate surface area is 81.3 Å². The molecule has 0 radical (unpaired) electrons. The maximum atomic E-state index is 11.1. The standard InChI is InChI=1S/C8H12N4O2/c1-2-4-7(13)10-8(14)11-12-6-3-5-9-12/h3,5-6H,2,4H2,1H3,(H2,10,11,13,14). The topological polar surface area (TPSA) is 76.0 Å². The molecule has 3 amide bonds. The van der Waals surface area contributed by atoms with Crippen LogP contribution in [0.4, 0.5) is 4.79 Å². The summed E-state index contributed by atoms with van der Waals surface area (Å²) in [5, 5.41) is 5.91. The first-order valence-corrected chi connectivity index (χ1v) is 4.33. The lowest BCUT2D eigenvalue weighted by Gasteiger charge is -2.04. The summed E-state index contributed by atoms with van der Waals surface area (Å²) in [7, 11) is 0. The van der Waals surface area contributed by atoms with Crippen molar-refractivity contribution < 1.29 is 9.59 Å². The van der Waals surface area contributed by atoms with Gasteiger partial charge in [-0.25, -0.2) is 10.2 Å². The van der Waals surface area contributed by atoms with Crippen LogP contribution in [0.1, 0.15) is 19.8 Å². The molecule has 1 rings (SSSR count). The molecule has 14 heavy (non-hydrogen) atoms. The largest absolute Gasteiger partial charge is 0.341 e. The Morgan fingerprint density at radius 3 is 2.86 bits per heavy atom. The van der Waals surface area contributed by atoms with Crippen LogP contribution in [-0.4, -0.2) is 21.8 Å². The zero-order valence-electron chi connectivity index (χ0n) is 7.86. The van der Waals surface area contributed by atoms with Gasteiger partial charge in [-0.2, -0.15) is 9.89 Å². The Morgan fingerprint density at radius 1 is 1.50 bits per heavy atom. The van der Waals surface area contributed by atoms with Crippen LogP contribution in [0.25, 0.3) is 0 Å². The predicted octanol–water partition coefficient (Wildman–Crippen LogP) is 0.463. The zero-order chi connectivity index (χ0) is 10.4. The van der Waals surface area contributed by atoms with E-state index in [9.17, 15) is 9.59 Å². The molecule has 0 aliphatic heterocycles. The minimum atomic E-state index is -0.577. The summed E-state index contributed by atoms with van der Waals surface area (Å²) >= 11 is 0. The molecule has 6 heteroatoms. The number of carbonyl (C=O) groups is 2. The number of carbonyl (C=O) groups excluding carboxylic acids is 2. The van der Waals surface area contributed by atoms with Crippen molar-refractivity contribution in [1.29, 1.82) is 0 Å². The first-order chi connectivity index (χ1) is 6.72. The van der Waals surface area contributed by atoms with Crippen molar-refractivity contribution in [2.75, 3.05) is 5.43 Å². The molecule has 0 bridgehead atoms. The third kappa shape index (κ3) is 3.26. The highest BCUT2D eigenvalue weighted by atomic mass is 16.2. The van der Waals surface area contributed by atoms with Crippen molar-refractivity contribution in [3.63, 3.8) is 0 Å². The lowest BCUT2D eigenvalue weighted by Crippen LogP contribution is -2.38. The van der Waals surface area contributed by atoms with Crippen molar-refractivity contribution >= 4 is 11.9 Å². The van der Waals surface area contributed by atoms with Gasteiger partial charge in [-0.15, -0.1) is 0 Å². The number of amides is 3. The van der Waals surface area contributed by atoms with E-state index in [1.165, 1.54) is 11.0 Å². The van der Waals surface area contributed by atoms with Gasteiger partial charge < -0.3 is 0 Å². The molecule has 0 unspecified atom stereocenters. The molecule has 0 aliphatic rings. The number of hydrogen-bond donors (Lipinski definition) is 2. The van der Waals surface area contributed by atoms with E-state index in [4.69, 9.17) is 0 Å². The van der Waals surface area contributed by atoms with Crippen LogP contribution >= 0.6 is 0 Å². The van der Waals surface area contributed by atoms with E-state index in [1.54, 1.807) is 12.3 Å². The fourth-order valence-electron chi connectivity index (χ4n) is 0.883. The van der Waals surface area contributed by atoms with Gasteiger partial charge in [-0.05, 0) is 12.5 Å². The maximum Gasteiger partial charge on any atom is 0.341 e. The molecule has 0 aromatic carbocycles. The SMILES string of the molecule is CCCC(=O)NC(=O)Nn1cccn1. The number of nitrogens with zero attached hydrogens (tertiary/aromatic N) is 2. The smallest absolute Gasteiger partial charge is 0.277 e. The summed E-state index contributed by atoms with van der Waals surface area (Å²) in [4.78, 5) is 23.3. The van der Waals surface area contributed by atoms with Gasteiger partial charge in [0.1, 0.15) is 0 Å². The van der Waals surface area contributed by atoms with Gasteiger partial charge in [0.2, 0.25) is 5.91 Å². The molecule has 1 aromatic rings. The van der Waals surface area contributed by atoms with Crippen LogP contribution in [0.5, 0.6) is 0 Å². The molecule has 76 valence electrons. The van der Waals surface area contributed by atoms with E-state index < -0.39 is 6.03 Å². The summed E-state index contributed by atoms with van der Waals surface area (Å²) in [5.41, 5.74) is 2.35. The molecule has 0 atom stereocenters. The first kappa shape index (κ1) is 10.2. The predicted molar refractivity (Wildman–Crippen MR) is 50.0 cm³/mol. The lowest BCUT2D eigenvalue weighted by atomic mass is 10.3. The molecule has 0 aliphatic carbocycles. The van der Waals surface area contributed by atoms with E-state index in [2.05, 4.69) is 15.8 Å². The third-order valence-electron chi connectivity index (χ3n) is 1.45. The molecule has 6 nitrogen and oxygen atoms in total. The molecule has 0 saturated carbocycles. The van der Waals surface area contributed by atoms with Gasteiger partial charge in [-0.1, -0.05) is 6.92 Å². The Balaban J connectivity index is 2.33. The highest BCUT2D eigenvalue weighted by Gasteiger charge is 2.05. The van der Waals surface area contributed by atoms with Crippen LogP contribution in [0.15, 0.2) is 18.5 Å². The normalized spacial score (nSPS) is 9.50. The number of urea groups is 1. The Kier molecular flexibility index (Phi) is 3.66. The van der Waals surface area contributed by atoms with Crippen molar-refractivity contribution in [2.24, 2.45) is 0 Å². The summed E-state index contributed by atoms with van der Waals surface area (Å²) in [5.74, 6) is -0.294. The molecule has 0 spiro atoms. The van der Waals surface area contributed by atoms with Gasteiger partial charge in [0.15, 0.2) is 0 Å². The Hall–Kier alpha value is -1.85. The molecule has 2 N–H and O–H groups in total. The van der Waals surface area contributed by atoms with Gasteiger partial charge in [-0.3, -0.25) is 10.1 Å². The van der Waals surface area contributed by atoms with Gasteiger partial charge in [0.05, 0.1) is 6.20 Å². The molecule has 0 saturated heterocycles. The lowest BCUT2D eigenvalue weighted by molar-refractivity contribution is -0.119.